The molecule has 0 aliphatic rings. The highest BCUT2D eigenvalue weighted by Crippen LogP contribution is 2.35. The molecular weight excluding hydrogens is 517 g/mol. The van der Waals surface area contributed by atoms with Crippen molar-refractivity contribution in [2.45, 2.75) is 64.0 Å². The van der Waals surface area contributed by atoms with Crippen LogP contribution in [-0.4, -0.2) is 39.2 Å². The third kappa shape index (κ3) is 6.18. The van der Waals surface area contributed by atoms with E-state index in [1.54, 1.807) is 6.07 Å². The summed E-state index contributed by atoms with van der Waals surface area (Å²) in [6.07, 6.45) is 0.523. The first-order valence-corrected chi connectivity index (χ1v) is 17.5. The van der Waals surface area contributed by atoms with E-state index in [2.05, 4.69) is 34.5 Å². The number of para-hydroxylation sites is 1. The maximum atomic E-state index is 16.0. The fourth-order valence-corrected chi connectivity index (χ4v) is 6.60. The number of hydrogen-bond acceptors (Lipinski definition) is 6. The Balaban J connectivity index is 1.86. The smallest absolute Gasteiger partial charge is 0.167 e. The molecule has 0 spiro atoms. The summed E-state index contributed by atoms with van der Waals surface area (Å²) in [6, 6.07) is 16.6. The Morgan fingerprint density at radius 3 is 2.47 bits per heavy atom. The van der Waals surface area contributed by atoms with E-state index in [-0.39, 0.29) is 18.8 Å². The average molecular weight is 554 g/mol. The summed E-state index contributed by atoms with van der Waals surface area (Å²) >= 11 is -1.44. The monoisotopic (exact) mass is 553 g/mol. The molecule has 0 amide bonds. The Morgan fingerprint density at radius 2 is 1.79 bits per heavy atom. The van der Waals surface area contributed by atoms with Gasteiger partial charge in [-0.1, -0.05) is 61.2 Å². The van der Waals surface area contributed by atoms with Crippen LogP contribution in [0.5, 0.6) is 0 Å². The molecule has 1 unspecified atom stereocenters. The van der Waals surface area contributed by atoms with Crippen molar-refractivity contribution in [1.29, 1.82) is 0 Å². The summed E-state index contributed by atoms with van der Waals surface area (Å²) in [5, 5.41) is 15.5. The number of pyridine rings is 1. The fourth-order valence-electron chi connectivity index (χ4n) is 4.37. The summed E-state index contributed by atoms with van der Waals surface area (Å²) in [4.78, 5) is 4.63. The van der Waals surface area contributed by atoms with E-state index < -0.39 is 30.2 Å². The van der Waals surface area contributed by atoms with Crippen LogP contribution in [0.3, 0.4) is 0 Å². The summed E-state index contributed by atoms with van der Waals surface area (Å²) in [7, 11) is -2.05. The summed E-state index contributed by atoms with van der Waals surface area (Å²) in [5.74, 6) is -0.316. The topological polar surface area (TPSA) is 94.2 Å². The molecule has 2 atom stereocenters. The highest BCUT2D eigenvalue weighted by molar-refractivity contribution is 7.90. The van der Waals surface area contributed by atoms with Gasteiger partial charge in [0.2, 0.25) is 0 Å². The summed E-state index contributed by atoms with van der Waals surface area (Å²) in [6.45, 7) is 11.9. The molecule has 0 aliphatic heterocycles. The third-order valence-corrected chi connectivity index (χ3v) is 10.0. The number of aliphatic hydroxyl groups excluding tert-OH is 1. The van der Waals surface area contributed by atoms with Crippen molar-refractivity contribution in [1.82, 2.24) is 14.9 Å². The van der Waals surface area contributed by atoms with E-state index >= 15 is 4.39 Å². The van der Waals surface area contributed by atoms with E-state index in [9.17, 15) is 9.66 Å². The second-order valence-corrected chi connectivity index (χ2v) is 18.6. The first kappa shape index (κ1) is 28.4. The maximum absolute atomic E-state index is 16.0. The molecule has 6 nitrogen and oxygen atoms in total. The summed E-state index contributed by atoms with van der Waals surface area (Å²) in [5.41, 5.74) is 3.95. The van der Waals surface area contributed by atoms with Gasteiger partial charge in [-0.15, -0.1) is 4.72 Å². The Bertz CT molecular complexity index is 1410. The lowest BCUT2D eigenvalue weighted by atomic mass is 9.94. The minimum atomic E-state index is -2.05. The zero-order chi connectivity index (χ0) is 27.7. The van der Waals surface area contributed by atoms with Gasteiger partial charge in [0.1, 0.15) is 16.3 Å². The largest absolute Gasteiger partial charge is 0.598 e. The van der Waals surface area contributed by atoms with Crippen LogP contribution in [0.2, 0.25) is 19.6 Å². The number of nitrogens with one attached hydrogen (secondary N) is 1. The van der Waals surface area contributed by atoms with Crippen molar-refractivity contribution in [3.8, 4) is 11.3 Å². The number of benzene rings is 2. The highest BCUT2D eigenvalue weighted by Gasteiger charge is 2.33. The van der Waals surface area contributed by atoms with Gasteiger partial charge in [-0.05, 0) is 49.7 Å². The van der Waals surface area contributed by atoms with Crippen molar-refractivity contribution < 1.29 is 18.6 Å². The Morgan fingerprint density at radius 1 is 1.11 bits per heavy atom. The lowest BCUT2D eigenvalue weighted by Gasteiger charge is -2.29. The van der Waals surface area contributed by atoms with Gasteiger partial charge in [0.25, 0.3) is 0 Å². The predicted octanol–water partition coefficient (Wildman–Crippen LogP) is 5.44. The predicted molar refractivity (Wildman–Crippen MR) is 155 cm³/mol. The van der Waals surface area contributed by atoms with Crippen LogP contribution >= 0.6 is 0 Å². The minimum Gasteiger partial charge on any atom is -0.598 e. The van der Waals surface area contributed by atoms with Crippen molar-refractivity contribution in [3.63, 3.8) is 0 Å². The highest BCUT2D eigenvalue weighted by atomic mass is 32.2. The molecule has 2 heterocycles. The van der Waals surface area contributed by atoms with Gasteiger partial charge in [0.15, 0.2) is 5.58 Å². The lowest BCUT2D eigenvalue weighted by molar-refractivity contribution is 0.298. The molecule has 0 aliphatic carbocycles. The Hall–Kier alpha value is -2.56. The molecule has 4 aromatic rings. The normalized spacial score (nSPS) is 14.1. The molecule has 0 bridgehead atoms. The Kier molecular flexibility index (Phi) is 8.44. The number of fused-ring (bicyclic) bond motifs is 1. The molecule has 0 radical (unpaired) electrons. The van der Waals surface area contributed by atoms with Gasteiger partial charge in [-0.25, -0.2) is 4.39 Å². The van der Waals surface area contributed by atoms with Crippen LogP contribution in [0.25, 0.3) is 22.2 Å². The molecule has 0 saturated carbocycles. The first-order valence-electron chi connectivity index (χ1n) is 12.8. The molecular formula is C29H36FN3O3SSi. The van der Waals surface area contributed by atoms with Crippen LogP contribution in [0.15, 0.2) is 59.1 Å². The maximum Gasteiger partial charge on any atom is 0.167 e. The molecule has 202 valence electrons. The zero-order valence-corrected chi connectivity index (χ0v) is 24.7. The third-order valence-electron chi connectivity index (χ3n) is 6.43. The van der Waals surface area contributed by atoms with E-state index in [4.69, 9.17) is 4.52 Å². The van der Waals surface area contributed by atoms with Crippen molar-refractivity contribution >= 4 is 35.6 Å². The number of hydrogen-bond donors (Lipinski definition) is 2. The minimum absolute atomic E-state index is 0.0685. The van der Waals surface area contributed by atoms with Crippen LogP contribution in [-0.2, 0) is 24.2 Å². The van der Waals surface area contributed by atoms with Crippen molar-refractivity contribution in [3.05, 3.63) is 77.4 Å². The number of nitrogens with zero attached hydrogens (tertiary/aromatic N) is 2. The average Bonchev–Trinajstić information content (AvgIpc) is 3.28. The molecule has 4 rings (SSSR count). The van der Waals surface area contributed by atoms with Gasteiger partial charge in [-0.2, -0.15) is 0 Å². The Labute approximate surface area is 228 Å². The van der Waals surface area contributed by atoms with Gasteiger partial charge in [0.05, 0.1) is 19.8 Å². The van der Waals surface area contributed by atoms with Crippen LogP contribution in [0, 0.1) is 5.82 Å². The molecule has 0 fully saturated rings. The molecule has 38 heavy (non-hydrogen) atoms. The molecule has 9 heteroatoms. The van der Waals surface area contributed by atoms with Crippen LogP contribution in [0.4, 0.5) is 4.39 Å². The standard InChI is InChI=1S/C29H36FN3O3SSi/c1-29(2,3)37(35)33-23(18-24-27(30)26(38(4,5)6)17-19(31-24)15-16-34)20-11-7-8-12-21(20)28-22-13-9-10-14-25(22)36-32-28/h7-14,17,23,33-34H,15-16,18H2,1-6H3/t23-,37?/m0/s1. The quantitative estimate of drug-likeness (QED) is 0.212. The number of rotatable bonds is 9. The molecule has 0 saturated heterocycles. The van der Waals surface area contributed by atoms with E-state index in [1.165, 1.54) is 0 Å². The van der Waals surface area contributed by atoms with E-state index in [1.807, 2.05) is 69.3 Å². The van der Waals surface area contributed by atoms with Gasteiger partial charge < -0.3 is 14.2 Å². The molecule has 2 N–H and O–H groups in total. The molecule has 2 aromatic carbocycles. The lowest BCUT2D eigenvalue weighted by Crippen LogP contribution is -2.43. The summed E-state index contributed by atoms with van der Waals surface area (Å²) < 4.78 is 37.7. The van der Waals surface area contributed by atoms with Gasteiger partial charge in [-0.3, -0.25) is 4.98 Å². The number of halogens is 1. The van der Waals surface area contributed by atoms with Crippen LogP contribution < -0.4 is 9.91 Å². The first-order chi connectivity index (χ1) is 17.9. The molecule has 2 aromatic heterocycles. The van der Waals surface area contributed by atoms with Crippen LogP contribution in [0.1, 0.15) is 43.8 Å². The number of aromatic nitrogens is 2. The van der Waals surface area contributed by atoms with Crippen molar-refractivity contribution in [2.24, 2.45) is 0 Å². The van der Waals surface area contributed by atoms with Crippen molar-refractivity contribution in [2.75, 3.05) is 6.61 Å². The second-order valence-electron chi connectivity index (χ2n) is 11.5. The second kappa shape index (κ2) is 11.3. The number of aliphatic hydroxyl groups is 1. The van der Waals surface area contributed by atoms with E-state index in [0.717, 1.165) is 16.5 Å². The van der Waals surface area contributed by atoms with Gasteiger partial charge >= 0.3 is 0 Å². The van der Waals surface area contributed by atoms with Gasteiger partial charge in [0, 0.05) is 47.5 Å². The zero-order valence-electron chi connectivity index (χ0n) is 22.8. The van der Waals surface area contributed by atoms with E-state index in [0.29, 0.717) is 34.3 Å². The fraction of sp³-hybridized carbons (Fsp3) is 0.379. The SMILES string of the molecule is CC(C)(C)[S+]([O-])N[C@@H](Cc1nc(CCO)cc([Si](C)(C)C)c1F)c1ccccc1-c1noc2ccccc12.